The highest BCUT2D eigenvalue weighted by Gasteiger charge is 2.11. The first-order valence-corrected chi connectivity index (χ1v) is 6.23. The van der Waals surface area contributed by atoms with Crippen LogP contribution in [-0.4, -0.2) is 36.2 Å². The molecule has 100 valence electrons. The molecule has 2 rings (SSSR count). The second-order valence-electron chi connectivity index (χ2n) is 4.26. The van der Waals surface area contributed by atoms with E-state index in [-0.39, 0.29) is 5.56 Å². The van der Waals surface area contributed by atoms with E-state index in [0.717, 1.165) is 30.7 Å². The molecule has 3 N–H and O–H groups in total. The molecular formula is C14H17N3O2. The van der Waals surface area contributed by atoms with Crippen molar-refractivity contribution in [3.8, 4) is 0 Å². The fourth-order valence-corrected chi connectivity index (χ4v) is 1.98. The Hall–Kier alpha value is -2.14. The van der Waals surface area contributed by atoms with Gasteiger partial charge in [0.2, 0.25) is 0 Å². The van der Waals surface area contributed by atoms with Gasteiger partial charge >= 0.3 is 5.97 Å². The number of carbonyl (C=O) groups is 1. The van der Waals surface area contributed by atoms with Crippen molar-refractivity contribution in [1.82, 2.24) is 10.3 Å². The maximum atomic E-state index is 11.2. The van der Waals surface area contributed by atoms with Crippen LogP contribution in [-0.2, 0) is 0 Å². The summed E-state index contributed by atoms with van der Waals surface area (Å²) in [6.45, 7) is 1.72. The Bertz CT molecular complexity index is 584. The minimum Gasteiger partial charge on any atom is -0.478 e. The van der Waals surface area contributed by atoms with Crippen LogP contribution in [0.1, 0.15) is 16.8 Å². The third kappa shape index (κ3) is 3.00. The van der Waals surface area contributed by atoms with Crippen molar-refractivity contribution in [3.05, 3.63) is 36.0 Å². The molecule has 1 heterocycles. The van der Waals surface area contributed by atoms with Gasteiger partial charge in [0, 0.05) is 23.5 Å². The number of aromatic nitrogens is 1. The molecule has 0 saturated heterocycles. The topological polar surface area (TPSA) is 74.2 Å². The number of hydrogen-bond donors (Lipinski definition) is 3. The summed E-state index contributed by atoms with van der Waals surface area (Å²) in [6.07, 6.45) is 2.39. The molecule has 0 aliphatic heterocycles. The summed E-state index contributed by atoms with van der Waals surface area (Å²) in [6, 6.07) is 7.41. The minimum atomic E-state index is -0.953. The fraction of sp³-hybridized carbons (Fsp3) is 0.286. The lowest BCUT2D eigenvalue weighted by Crippen LogP contribution is -2.13. The molecule has 5 nitrogen and oxygen atoms in total. The van der Waals surface area contributed by atoms with Crippen molar-refractivity contribution in [3.63, 3.8) is 0 Å². The number of carboxylic acids is 1. The molecule has 0 atom stereocenters. The molecule has 1 aromatic carbocycles. The number of nitrogens with zero attached hydrogens (tertiary/aromatic N) is 1. The van der Waals surface area contributed by atoms with Crippen LogP contribution in [0.2, 0.25) is 0 Å². The molecule has 0 aliphatic rings. The zero-order chi connectivity index (χ0) is 13.7. The Morgan fingerprint density at radius 3 is 2.68 bits per heavy atom. The second-order valence-corrected chi connectivity index (χ2v) is 4.26. The normalized spacial score (nSPS) is 10.6. The quantitative estimate of drug-likeness (QED) is 0.691. The van der Waals surface area contributed by atoms with Crippen LogP contribution in [0.4, 0.5) is 5.82 Å². The van der Waals surface area contributed by atoms with Crippen LogP contribution in [0.3, 0.4) is 0 Å². The first-order chi connectivity index (χ1) is 9.24. The van der Waals surface area contributed by atoms with Gasteiger partial charge in [0.05, 0.1) is 5.56 Å². The van der Waals surface area contributed by atoms with Gasteiger partial charge in [0.25, 0.3) is 0 Å². The van der Waals surface area contributed by atoms with E-state index in [9.17, 15) is 4.79 Å². The summed E-state index contributed by atoms with van der Waals surface area (Å²) in [5, 5.41) is 17.0. The Morgan fingerprint density at radius 2 is 2.00 bits per heavy atom. The van der Waals surface area contributed by atoms with E-state index in [0.29, 0.717) is 5.39 Å². The van der Waals surface area contributed by atoms with Gasteiger partial charge < -0.3 is 15.7 Å². The minimum absolute atomic E-state index is 0.233. The van der Waals surface area contributed by atoms with Crippen molar-refractivity contribution in [2.75, 3.05) is 25.5 Å². The van der Waals surface area contributed by atoms with E-state index in [1.54, 1.807) is 6.07 Å². The number of nitrogens with one attached hydrogen (secondary N) is 2. The van der Waals surface area contributed by atoms with Crippen molar-refractivity contribution >= 4 is 22.6 Å². The van der Waals surface area contributed by atoms with Crippen LogP contribution in [0.15, 0.2) is 30.5 Å². The average Bonchev–Trinajstić information content (AvgIpc) is 2.43. The van der Waals surface area contributed by atoms with E-state index < -0.39 is 5.97 Å². The average molecular weight is 259 g/mol. The first kappa shape index (κ1) is 13.3. The monoisotopic (exact) mass is 259 g/mol. The maximum Gasteiger partial charge on any atom is 0.337 e. The van der Waals surface area contributed by atoms with Gasteiger partial charge in [-0.1, -0.05) is 24.3 Å². The molecule has 19 heavy (non-hydrogen) atoms. The fourth-order valence-electron chi connectivity index (χ4n) is 1.98. The lowest BCUT2D eigenvalue weighted by molar-refractivity contribution is 0.0698. The van der Waals surface area contributed by atoms with Gasteiger partial charge in [-0.05, 0) is 20.0 Å². The third-order valence-corrected chi connectivity index (χ3v) is 2.92. The number of fused-ring (bicyclic) bond motifs is 1. The van der Waals surface area contributed by atoms with Crippen molar-refractivity contribution in [2.45, 2.75) is 6.42 Å². The van der Waals surface area contributed by atoms with Gasteiger partial charge in [0.15, 0.2) is 0 Å². The van der Waals surface area contributed by atoms with Gasteiger partial charge in [-0.3, -0.25) is 0 Å². The summed E-state index contributed by atoms with van der Waals surface area (Å²) < 4.78 is 0. The number of rotatable bonds is 6. The molecule has 0 unspecified atom stereocenters. The van der Waals surface area contributed by atoms with Crippen LogP contribution in [0.25, 0.3) is 10.8 Å². The SMILES string of the molecule is CNCCCNc1ncc(C(=O)O)c2ccccc12. The number of aromatic carboxylic acids is 1. The number of carboxylic acid groups (broad SMARTS) is 1. The Kier molecular flexibility index (Phi) is 4.30. The number of benzene rings is 1. The largest absolute Gasteiger partial charge is 0.478 e. The first-order valence-electron chi connectivity index (χ1n) is 6.23. The highest BCUT2D eigenvalue weighted by atomic mass is 16.4. The van der Waals surface area contributed by atoms with E-state index in [1.807, 2.05) is 25.2 Å². The summed E-state index contributed by atoms with van der Waals surface area (Å²) in [4.78, 5) is 15.4. The van der Waals surface area contributed by atoms with Crippen LogP contribution >= 0.6 is 0 Å². The Balaban J connectivity index is 2.30. The van der Waals surface area contributed by atoms with E-state index in [2.05, 4.69) is 15.6 Å². The lowest BCUT2D eigenvalue weighted by atomic mass is 10.1. The van der Waals surface area contributed by atoms with E-state index in [4.69, 9.17) is 5.11 Å². The lowest BCUT2D eigenvalue weighted by Gasteiger charge is -2.10. The standard InChI is InChI=1S/C14H17N3O2/c1-15-7-4-8-16-13-11-6-3-2-5-10(11)12(9-17-13)14(18)19/h2-3,5-6,9,15H,4,7-8H2,1H3,(H,16,17)(H,18,19). The van der Waals surface area contributed by atoms with Gasteiger partial charge in [-0.15, -0.1) is 0 Å². The van der Waals surface area contributed by atoms with Crippen LogP contribution in [0.5, 0.6) is 0 Å². The number of hydrogen-bond acceptors (Lipinski definition) is 4. The van der Waals surface area contributed by atoms with Gasteiger partial charge in [-0.2, -0.15) is 0 Å². The van der Waals surface area contributed by atoms with Crippen molar-refractivity contribution in [1.29, 1.82) is 0 Å². The molecule has 0 spiro atoms. The smallest absolute Gasteiger partial charge is 0.337 e. The molecule has 0 aliphatic carbocycles. The zero-order valence-electron chi connectivity index (χ0n) is 10.8. The molecule has 0 amide bonds. The summed E-state index contributed by atoms with van der Waals surface area (Å²) in [7, 11) is 1.91. The zero-order valence-corrected chi connectivity index (χ0v) is 10.8. The predicted molar refractivity (Wildman–Crippen MR) is 75.7 cm³/mol. The van der Waals surface area contributed by atoms with Crippen LogP contribution < -0.4 is 10.6 Å². The molecular weight excluding hydrogens is 242 g/mol. The number of pyridine rings is 1. The predicted octanol–water partition coefficient (Wildman–Crippen LogP) is 1.95. The van der Waals surface area contributed by atoms with Crippen LogP contribution in [0, 0.1) is 0 Å². The molecule has 1 aromatic heterocycles. The molecule has 0 radical (unpaired) electrons. The molecule has 2 aromatic rings. The third-order valence-electron chi connectivity index (χ3n) is 2.92. The van der Waals surface area contributed by atoms with Gasteiger partial charge in [-0.25, -0.2) is 9.78 Å². The maximum absolute atomic E-state index is 11.2. The van der Waals surface area contributed by atoms with Crippen molar-refractivity contribution in [2.24, 2.45) is 0 Å². The summed E-state index contributed by atoms with van der Waals surface area (Å²) in [5.74, 6) is -0.220. The van der Waals surface area contributed by atoms with Crippen molar-refractivity contribution < 1.29 is 9.90 Å². The van der Waals surface area contributed by atoms with E-state index in [1.165, 1.54) is 6.20 Å². The number of anilines is 1. The molecule has 0 bridgehead atoms. The molecule has 5 heteroatoms. The highest BCUT2D eigenvalue weighted by molar-refractivity contribution is 6.06. The molecule has 0 saturated carbocycles. The highest BCUT2D eigenvalue weighted by Crippen LogP contribution is 2.24. The van der Waals surface area contributed by atoms with Gasteiger partial charge in [0.1, 0.15) is 5.82 Å². The summed E-state index contributed by atoms with van der Waals surface area (Å²) in [5.41, 5.74) is 0.233. The second kappa shape index (κ2) is 6.15. The Labute approximate surface area is 111 Å². The summed E-state index contributed by atoms with van der Waals surface area (Å²) >= 11 is 0. The molecule has 0 fully saturated rings. The Morgan fingerprint density at radius 1 is 1.26 bits per heavy atom. The van der Waals surface area contributed by atoms with E-state index >= 15 is 0 Å².